The second-order valence-electron chi connectivity index (χ2n) is 6.10. The lowest BCUT2D eigenvalue weighted by molar-refractivity contribution is 0.00639. The first-order chi connectivity index (χ1) is 11.6. The van der Waals surface area contributed by atoms with Crippen LogP contribution in [0, 0.1) is 5.82 Å². The molecule has 0 unspecified atom stereocenters. The van der Waals surface area contributed by atoms with Gasteiger partial charge in [0.15, 0.2) is 11.6 Å². The molecule has 0 N–H and O–H groups in total. The molecule has 24 heavy (non-hydrogen) atoms. The normalized spacial score (nSPS) is 21.2. The zero-order chi connectivity index (χ0) is 17.1. The first kappa shape index (κ1) is 17.0. The Morgan fingerprint density at radius 3 is 2.50 bits per heavy atom. The van der Waals surface area contributed by atoms with E-state index in [1.54, 1.807) is 23.7 Å². The Hall–Kier alpha value is -1.82. The monoisotopic (exact) mass is 336 g/mol. The van der Waals surface area contributed by atoms with E-state index >= 15 is 0 Å². The average Bonchev–Trinajstić information content (AvgIpc) is 2.89. The van der Waals surface area contributed by atoms with Crippen LogP contribution < -0.4 is 9.47 Å². The Morgan fingerprint density at radius 2 is 1.83 bits per heavy atom. The van der Waals surface area contributed by atoms with E-state index in [0.717, 1.165) is 32.3 Å². The van der Waals surface area contributed by atoms with Gasteiger partial charge in [0.1, 0.15) is 11.6 Å². The molecule has 1 aliphatic carbocycles. The molecule has 0 atom stereocenters. The SMILES string of the molecule is CCOc1ccc2nc(OC3CCC(OCC)CC3)n(C)c2c1F. The van der Waals surface area contributed by atoms with Crippen molar-refractivity contribution in [3.8, 4) is 11.8 Å². The highest BCUT2D eigenvalue weighted by Gasteiger charge is 2.25. The molecule has 0 spiro atoms. The highest BCUT2D eigenvalue weighted by atomic mass is 19.1. The number of hydrogen-bond donors (Lipinski definition) is 0. The van der Waals surface area contributed by atoms with Crippen molar-refractivity contribution in [2.45, 2.75) is 51.7 Å². The maximum atomic E-state index is 14.6. The Labute approximate surface area is 141 Å². The van der Waals surface area contributed by atoms with Crippen molar-refractivity contribution in [3.05, 3.63) is 17.9 Å². The first-order valence-electron chi connectivity index (χ1n) is 8.70. The summed E-state index contributed by atoms with van der Waals surface area (Å²) in [6.07, 6.45) is 4.28. The van der Waals surface area contributed by atoms with Crippen LogP contribution in [0.2, 0.25) is 0 Å². The summed E-state index contributed by atoms with van der Waals surface area (Å²) >= 11 is 0. The van der Waals surface area contributed by atoms with Crippen LogP contribution in [0.5, 0.6) is 11.8 Å². The molecule has 1 aromatic carbocycles. The van der Waals surface area contributed by atoms with Gasteiger partial charge < -0.3 is 14.2 Å². The fourth-order valence-electron chi connectivity index (χ4n) is 3.29. The van der Waals surface area contributed by atoms with Gasteiger partial charge in [0.25, 0.3) is 6.01 Å². The summed E-state index contributed by atoms with van der Waals surface area (Å²) in [5.74, 6) is -0.143. The number of fused-ring (bicyclic) bond motifs is 1. The number of nitrogens with zero attached hydrogens (tertiary/aromatic N) is 2. The van der Waals surface area contributed by atoms with Gasteiger partial charge in [-0.2, -0.15) is 4.98 Å². The Bertz CT molecular complexity index is 693. The van der Waals surface area contributed by atoms with E-state index in [9.17, 15) is 4.39 Å². The van der Waals surface area contributed by atoms with Gasteiger partial charge in [-0.1, -0.05) is 0 Å². The lowest BCUT2D eigenvalue weighted by atomic mass is 9.95. The minimum atomic E-state index is -0.390. The Balaban J connectivity index is 1.76. The summed E-state index contributed by atoms with van der Waals surface area (Å²) < 4.78 is 33.3. The predicted octanol–water partition coefficient (Wildman–Crippen LogP) is 3.84. The van der Waals surface area contributed by atoms with Crippen LogP contribution in [0.3, 0.4) is 0 Å². The standard InChI is InChI=1S/C18H25FN2O3/c1-4-22-12-6-8-13(9-7-12)24-18-20-14-10-11-15(23-5-2)16(19)17(14)21(18)3/h10-13H,4-9H2,1-3H3. The fraction of sp³-hybridized carbons (Fsp3) is 0.611. The minimum Gasteiger partial charge on any atom is -0.491 e. The third-order valence-electron chi connectivity index (χ3n) is 4.49. The van der Waals surface area contributed by atoms with Crippen molar-refractivity contribution in [2.75, 3.05) is 13.2 Å². The number of halogens is 1. The molecule has 0 bridgehead atoms. The smallest absolute Gasteiger partial charge is 0.297 e. The maximum Gasteiger partial charge on any atom is 0.297 e. The summed E-state index contributed by atoms with van der Waals surface area (Å²) in [7, 11) is 1.77. The quantitative estimate of drug-likeness (QED) is 0.804. The summed E-state index contributed by atoms with van der Waals surface area (Å²) in [4.78, 5) is 4.44. The number of imidazole rings is 1. The molecule has 1 aromatic heterocycles. The van der Waals surface area contributed by atoms with Crippen LogP contribution in [0.25, 0.3) is 11.0 Å². The molecule has 3 rings (SSSR count). The van der Waals surface area contributed by atoms with Crippen molar-refractivity contribution in [2.24, 2.45) is 7.05 Å². The Kier molecular flexibility index (Phi) is 5.23. The summed E-state index contributed by atoms with van der Waals surface area (Å²) in [6.45, 7) is 5.03. The molecule has 2 aromatic rings. The molecule has 0 amide bonds. The topological polar surface area (TPSA) is 45.5 Å². The number of aromatic nitrogens is 2. The van der Waals surface area contributed by atoms with Crippen LogP contribution in [-0.2, 0) is 11.8 Å². The summed E-state index contributed by atoms with van der Waals surface area (Å²) in [5.41, 5.74) is 0.996. The largest absolute Gasteiger partial charge is 0.491 e. The lowest BCUT2D eigenvalue weighted by Gasteiger charge is -2.28. The molecule has 0 aliphatic heterocycles. The van der Waals surface area contributed by atoms with Gasteiger partial charge >= 0.3 is 0 Å². The van der Waals surface area contributed by atoms with Crippen LogP contribution >= 0.6 is 0 Å². The second-order valence-corrected chi connectivity index (χ2v) is 6.10. The molecule has 1 heterocycles. The first-order valence-corrected chi connectivity index (χ1v) is 8.70. The molecular weight excluding hydrogens is 311 g/mol. The van der Waals surface area contributed by atoms with E-state index in [1.807, 2.05) is 13.8 Å². The van der Waals surface area contributed by atoms with E-state index in [0.29, 0.717) is 29.8 Å². The molecule has 1 saturated carbocycles. The van der Waals surface area contributed by atoms with Crippen LogP contribution in [0.1, 0.15) is 39.5 Å². The molecule has 0 saturated heterocycles. The van der Waals surface area contributed by atoms with E-state index in [2.05, 4.69) is 4.98 Å². The van der Waals surface area contributed by atoms with Gasteiger partial charge in [0.05, 0.1) is 18.2 Å². The van der Waals surface area contributed by atoms with E-state index in [-0.39, 0.29) is 17.7 Å². The van der Waals surface area contributed by atoms with Gasteiger partial charge in [-0.3, -0.25) is 4.57 Å². The highest BCUT2D eigenvalue weighted by Crippen LogP contribution is 2.31. The fourth-order valence-corrected chi connectivity index (χ4v) is 3.29. The summed E-state index contributed by atoms with van der Waals surface area (Å²) in [5, 5.41) is 0. The van der Waals surface area contributed by atoms with Gasteiger partial charge in [-0.15, -0.1) is 0 Å². The number of hydrogen-bond acceptors (Lipinski definition) is 4. The maximum absolute atomic E-state index is 14.6. The molecule has 6 heteroatoms. The van der Waals surface area contributed by atoms with E-state index in [1.165, 1.54) is 0 Å². The van der Waals surface area contributed by atoms with Crippen LogP contribution in [-0.4, -0.2) is 35.0 Å². The highest BCUT2D eigenvalue weighted by molar-refractivity contribution is 5.79. The molecule has 132 valence electrons. The van der Waals surface area contributed by atoms with Gasteiger partial charge in [0, 0.05) is 13.7 Å². The van der Waals surface area contributed by atoms with Gasteiger partial charge in [-0.25, -0.2) is 4.39 Å². The molecule has 5 nitrogen and oxygen atoms in total. The zero-order valence-electron chi connectivity index (χ0n) is 14.5. The predicted molar refractivity (Wildman–Crippen MR) is 90.1 cm³/mol. The van der Waals surface area contributed by atoms with Crippen LogP contribution in [0.15, 0.2) is 12.1 Å². The van der Waals surface area contributed by atoms with Crippen molar-refractivity contribution in [1.29, 1.82) is 0 Å². The minimum absolute atomic E-state index is 0.103. The molecule has 1 aliphatic rings. The van der Waals surface area contributed by atoms with Crippen LogP contribution in [0.4, 0.5) is 4.39 Å². The van der Waals surface area contributed by atoms with Gasteiger partial charge in [-0.05, 0) is 51.7 Å². The molecule has 1 fully saturated rings. The number of ether oxygens (including phenoxy) is 3. The zero-order valence-corrected chi connectivity index (χ0v) is 14.5. The molecule has 0 radical (unpaired) electrons. The van der Waals surface area contributed by atoms with Crippen molar-refractivity contribution in [1.82, 2.24) is 9.55 Å². The second kappa shape index (κ2) is 7.38. The van der Waals surface area contributed by atoms with Crippen molar-refractivity contribution < 1.29 is 18.6 Å². The lowest BCUT2D eigenvalue weighted by Crippen LogP contribution is -2.29. The molecular formula is C18H25FN2O3. The van der Waals surface area contributed by atoms with E-state index < -0.39 is 0 Å². The third kappa shape index (κ3) is 3.34. The number of benzene rings is 1. The number of aryl methyl sites for hydroxylation is 1. The average molecular weight is 336 g/mol. The third-order valence-corrected chi connectivity index (χ3v) is 4.49. The van der Waals surface area contributed by atoms with Crippen molar-refractivity contribution >= 4 is 11.0 Å². The van der Waals surface area contributed by atoms with Crippen molar-refractivity contribution in [3.63, 3.8) is 0 Å². The summed E-state index contributed by atoms with van der Waals surface area (Å²) in [6, 6.07) is 3.84. The number of rotatable bonds is 6. The van der Waals surface area contributed by atoms with Gasteiger partial charge in [0.2, 0.25) is 0 Å². The Morgan fingerprint density at radius 1 is 1.12 bits per heavy atom. The van der Waals surface area contributed by atoms with E-state index in [4.69, 9.17) is 14.2 Å².